The summed E-state index contributed by atoms with van der Waals surface area (Å²) in [6.45, 7) is 3.30. The van der Waals surface area contributed by atoms with Crippen LogP contribution >= 0.6 is 0 Å². The minimum absolute atomic E-state index is 0.00882. The summed E-state index contributed by atoms with van der Waals surface area (Å²) in [5.41, 5.74) is -0.0245. The molecule has 1 unspecified atom stereocenters. The highest BCUT2D eigenvalue weighted by Crippen LogP contribution is 2.35. The van der Waals surface area contributed by atoms with Crippen LogP contribution in [0.15, 0.2) is 29.0 Å². The van der Waals surface area contributed by atoms with Gasteiger partial charge in [0.15, 0.2) is 29.3 Å². The molecule has 8 heteroatoms. The van der Waals surface area contributed by atoms with Crippen molar-refractivity contribution in [1.82, 2.24) is 10.3 Å². The van der Waals surface area contributed by atoms with Crippen molar-refractivity contribution >= 4 is 11.9 Å². The summed E-state index contributed by atoms with van der Waals surface area (Å²) in [6, 6.07) is 5.25. The number of oxazole rings is 1. The fraction of sp³-hybridized carbons (Fsp3) is 0.389. The molecule has 1 aromatic carbocycles. The molecule has 0 radical (unpaired) electrons. The first kappa shape index (κ1) is 16.4. The molecule has 8 nitrogen and oxygen atoms in total. The van der Waals surface area contributed by atoms with Gasteiger partial charge in [-0.2, -0.15) is 0 Å². The topological polar surface area (TPSA) is 99.9 Å². The van der Waals surface area contributed by atoms with Gasteiger partial charge < -0.3 is 23.9 Å². The number of benzene rings is 1. The molecule has 0 aliphatic carbocycles. The summed E-state index contributed by atoms with van der Waals surface area (Å²) < 4.78 is 21.8. The van der Waals surface area contributed by atoms with Crippen molar-refractivity contribution in [2.75, 3.05) is 26.4 Å². The number of carbonyl (C=O) groups excluding carboxylic acids is 2. The summed E-state index contributed by atoms with van der Waals surface area (Å²) in [4.78, 5) is 28.3. The van der Waals surface area contributed by atoms with Crippen LogP contribution in [0.5, 0.6) is 11.5 Å². The minimum Gasteiger partial charge on any atom is -0.486 e. The molecule has 0 spiro atoms. The first-order chi connectivity index (χ1) is 12.6. The lowest BCUT2D eigenvalue weighted by Gasteiger charge is -2.19. The molecule has 1 N–H and O–H groups in total. The largest absolute Gasteiger partial charge is 0.486 e. The Bertz CT molecular complexity index is 861. The standard InChI is InChI=1S/C18H18N2O6/c1-18(4-5-19-17(18)22)9-25-16(21)14-15(26-10-20-14)11-2-3-12-13(8-11)24-7-6-23-12/h2-3,8,10H,4-7,9H2,1H3,(H,19,22). The second-order valence-corrected chi connectivity index (χ2v) is 6.53. The summed E-state index contributed by atoms with van der Waals surface area (Å²) in [6.07, 6.45) is 1.81. The number of nitrogens with zero attached hydrogens (tertiary/aromatic N) is 1. The van der Waals surface area contributed by atoms with E-state index in [1.807, 2.05) is 0 Å². The van der Waals surface area contributed by atoms with E-state index in [1.54, 1.807) is 25.1 Å². The lowest BCUT2D eigenvalue weighted by molar-refractivity contribution is -0.128. The van der Waals surface area contributed by atoms with Gasteiger partial charge in [0.2, 0.25) is 5.91 Å². The van der Waals surface area contributed by atoms with E-state index in [2.05, 4.69) is 10.3 Å². The maximum Gasteiger partial charge on any atom is 0.361 e. The SMILES string of the molecule is CC1(COC(=O)c2ncoc2-c2ccc3c(c2)OCCO3)CCNC1=O. The van der Waals surface area contributed by atoms with Crippen LogP contribution in [0.2, 0.25) is 0 Å². The fourth-order valence-corrected chi connectivity index (χ4v) is 2.99. The molecule has 1 saturated heterocycles. The zero-order valence-electron chi connectivity index (χ0n) is 14.2. The Labute approximate surface area is 149 Å². The molecule has 4 rings (SSSR count). The van der Waals surface area contributed by atoms with E-state index in [0.29, 0.717) is 43.2 Å². The Morgan fingerprint density at radius 3 is 2.88 bits per heavy atom. The average Bonchev–Trinajstić information content (AvgIpc) is 3.27. The number of aromatic nitrogens is 1. The number of hydrogen-bond donors (Lipinski definition) is 1. The van der Waals surface area contributed by atoms with Gasteiger partial charge in [-0.05, 0) is 31.5 Å². The van der Waals surface area contributed by atoms with Crippen molar-refractivity contribution in [2.24, 2.45) is 5.41 Å². The van der Waals surface area contributed by atoms with Gasteiger partial charge in [0.25, 0.3) is 0 Å². The van der Waals surface area contributed by atoms with Gasteiger partial charge in [-0.25, -0.2) is 9.78 Å². The second kappa shape index (κ2) is 6.36. The molecule has 1 fully saturated rings. The Morgan fingerprint density at radius 2 is 2.12 bits per heavy atom. The van der Waals surface area contributed by atoms with Gasteiger partial charge in [-0.15, -0.1) is 0 Å². The molecule has 1 atom stereocenters. The van der Waals surface area contributed by atoms with Crippen LogP contribution in [-0.4, -0.2) is 43.2 Å². The van der Waals surface area contributed by atoms with E-state index in [1.165, 1.54) is 6.39 Å². The number of hydrogen-bond acceptors (Lipinski definition) is 7. The van der Waals surface area contributed by atoms with Crippen molar-refractivity contribution in [2.45, 2.75) is 13.3 Å². The van der Waals surface area contributed by atoms with Crippen LogP contribution in [0.1, 0.15) is 23.8 Å². The van der Waals surface area contributed by atoms with Crippen LogP contribution in [0, 0.1) is 5.41 Å². The number of fused-ring (bicyclic) bond motifs is 1. The van der Waals surface area contributed by atoms with E-state index in [9.17, 15) is 9.59 Å². The van der Waals surface area contributed by atoms with Crippen molar-refractivity contribution < 1.29 is 28.2 Å². The minimum atomic E-state index is -0.712. The molecular formula is C18H18N2O6. The first-order valence-corrected chi connectivity index (χ1v) is 8.36. The quantitative estimate of drug-likeness (QED) is 0.832. The van der Waals surface area contributed by atoms with Crippen LogP contribution < -0.4 is 14.8 Å². The number of rotatable bonds is 4. The molecule has 2 aliphatic rings. The molecule has 2 aromatic rings. The molecular weight excluding hydrogens is 340 g/mol. The van der Waals surface area contributed by atoms with Crippen LogP contribution in [0.4, 0.5) is 0 Å². The fourth-order valence-electron chi connectivity index (χ4n) is 2.99. The van der Waals surface area contributed by atoms with E-state index >= 15 is 0 Å². The molecule has 0 saturated carbocycles. The van der Waals surface area contributed by atoms with Crippen molar-refractivity contribution in [3.05, 3.63) is 30.3 Å². The van der Waals surface area contributed by atoms with Gasteiger partial charge in [0.1, 0.15) is 19.8 Å². The van der Waals surface area contributed by atoms with E-state index < -0.39 is 11.4 Å². The van der Waals surface area contributed by atoms with E-state index in [0.717, 1.165) is 0 Å². The number of nitrogens with one attached hydrogen (secondary N) is 1. The molecule has 1 aromatic heterocycles. The third-order valence-electron chi connectivity index (χ3n) is 4.60. The summed E-state index contributed by atoms with van der Waals surface area (Å²) in [5.74, 6) is 0.762. The van der Waals surface area contributed by atoms with Crippen LogP contribution in [-0.2, 0) is 9.53 Å². The number of carbonyl (C=O) groups is 2. The lowest BCUT2D eigenvalue weighted by atomic mass is 9.90. The second-order valence-electron chi connectivity index (χ2n) is 6.53. The van der Waals surface area contributed by atoms with Crippen LogP contribution in [0.3, 0.4) is 0 Å². The summed E-state index contributed by atoms with van der Waals surface area (Å²) in [7, 11) is 0. The highest BCUT2D eigenvalue weighted by molar-refractivity contribution is 5.94. The normalized spacial score (nSPS) is 21.3. The number of ether oxygens (including phenoxy) is 3. The Balaban J connectivity index is 1.53. The third kappa shape index (κ3) is 2.87. The maximum absolute atomic E-state index is 12.5. The number of amides is 1. The Kier molecular flexibility index (Phi) is 4.02. The zero-order valence-corrected chi connectivity index (χ0v) is 14.2. The van der Waals surface area contributed by atoms with Crippen LogP contribution in [0.25, 0.3) is 11.3 Å². The molecule has 1 amide bonds. The van der Waals surface area contributed by atoms with E-state index in [4.69, 9.17) is 18.6 Å². The van der Waals surface area contributed by atoms with Gasteiger partial charge >= 0.3 is 5.97 Å². The molecule has 0 bridgehead atoms. The Hall–Kier alpha value is -3.03. The highest BCUT2D eigenvalue weighted by Gasteiger charge is 2.39. The monoisotopic (exact) mass is 358 g/mol. The summed E-state index contributed by atoms with van der Waals surface area (Å²) >= 11 is 0. The van der Waals surface area contributed by atoms with Gasteiger partial charge in [-0.1, -0.05) is 0 Å². The predicted molar refractivity (Wildman–Crippen MR) is 88.9 cm³/mol. The Morgan fingerprint density at radius 1 is 1.31 bits per heavy atom. The zero-order chi connectivity index (χ0) is 18.1. The van der Waals surface area contributed by atoms with Gasteiger partial charge in [0.05, 0.1) is 5.41 Å². The highest BCUT2D eigenvalue weighted by atomic mass is 16.6. The predicted octanol–water partition coefficient (Wildman–Crippen LogP) is 1.80. The van der Waals surface area contributed by atoms with Crippen molar-refractivity contribution in [1.29, 1.82) is 0 Å². The number of esters is 1. The van der Waals surface area contributed by atoms with Crippen molar-refractivity contribution in [3.8, 4) is 22.8 Å². The van der Waals surface area contributed by atoms with Crippen molar-refractivity contribution in [3.63, 3.8) is 0 Å². The smallest absolute Gasteiger partial charge is 0.361 e. The molecule has 3 heterocycles. The average molecular weight is 358 g/mol. The van der Waals surface area contributed by atoms with Gasteiger partial charge in [0, 0.05) is 12.1 Å². The first-order valence-electron chi connectivity index (χ1n) is 8.36. The molecule has 136 valence electrons. The lowest BCUT2D eigenvalue weighted by Crippen LogP contribution is -2.33. The van der Waals surface area contributed by atoms with E-state index in [-0.39, 0.29) is 24.0 Å². The third-order valence-corrected chi connectivity index (χ3v) is 4.60. The van der Waals surface area contributed by atoms with Gasteiger partial charge in [-0.3, -0.25) is 4.79 Å². The molecule has 26 heavy (non-hydrogen) atoms. The summed E-state index contributed by atoms with van der Waals surface area (Å²) in [5, 5.41) is 2.74. The maximum atomic E-state index is 12.5. The molecule has 2 aliphatic heterocycles.